The molecule has 0 amide bonds. The summed E-state index contributed by atoms with van der Waals surface area (Å²) < 4.78 is 6.92. The van der Waals surface area contributed by atoms with Gasteiger partial charge in [0.15, 0.2) is 0 Å². The van der Waals surface area contributed by atoms with E-state index in [4.69, 9.17) is 10.00 Å². The van der Waals surface area contributed by atoms with Gasteiger partial charge < -0.3 is 4.74 Å². The summed E-state index contributed by atoms with van der Waals surface area (Å²) in [5.74, 6) is 0.792. The molecule has 0 saturated carbocycles. The highest BCUT2D eigenvalue weighted by molar-refractivity contribution is 5.80. The van der Waals surface area contributed by atoms with Crippen molar-refractivity contribution < 1.29 is 4.74 Å². The van der Waals surface area contributed by atoms with Crippen LogP contribution in [-0.2, 0) is 0 Å². The minimum Gasteiger partial charge on any atom is -0.497 e. The smallest absolute Gasteiger partial charge is 0.119 e. The molecule has 1 heterocycles. The van der Waals surface area contributed by atoms with Gasteiger partial charge in [-0.2, -0.15) is 10.4 Å². The van der Waals surface area contributed by atoms with Gasteiger partial charge in [0, 0.05) is 11.6 Å². The monoisotopic (exact) mass is 249 g/mol. The maximum Gasteiger partial charge on any atom is 0.119 e. The van der Waals surface area contributed by atoms with Crippen LogP contribution in [0.4, 0.5) is 0 Å². The number of benzene rings is 2. The first-order valence-corrected chi connectivity index (χ1v) is 5.85. The maximum absolute atomic E-state index is 9.13. The highest BCUT2D eigenvalue weighted by Crippen LogP contribution is 2.22. The molecule has 0 saturated heterocycles. The Kier molecular flexibility index (Phi) is 2.66. The maximum atomic E-state index is 9.13. The second-order valence-corrected chi connectivity index (χ2v) is 4.13. The summed E-state index contributed by atoms with van der Waals surface area (Å²) in [6, 6.07) is 15.3. The van der Waals surface area contributed by atoms with Crippen LogP contribution in [0.25, 0.3) is 16.6 Å². The lowest BCUT2D eigenvalue weighted by Crippen LogP contribution is -1.97. The molecule has 19 heavy (non-hydrogen) atoms. The van der Waals surface area contributed by atoms with Crippen molar-refractivity contribution in [2.45, 2.75) is 0 Å². The summed E-state index contributed by atoms with van der Waals surface area (Å²) >= 11 is 0. The van der Waals surface area contributed by atoms with Crippen LogP contribution < -0.4 is 4.74 Å². The molecule has 3 aromatic rings. The van der Waals surface area contributed by atoms with E-state index in [1.807, 2.05) is 42.6 Å². The van der Waals surface area contributed by atoms with Gasteiger partial charge in [0.05, 0.1) is 23.9 Å². The average molecular weight is 249 g/mol. The third-order valence-corrected chi connectivity index (χ3v) is 2.98. The fourth-order valence-electron chi connectivity index (χ4n) is 2.02. The van der Waals surface area contributed by atoms with Crippen molar-refractivity contribution in [2.24, 2.45) is 0 Å². The van der Waals surface area contributed by atoms with E-state index in [0.29, 0.717) is 5.56 Å². The summed E-state index contributed by atoms with van der Waals surface area (Å²) in [7, 11) is 1.64. The normalized spacial score (nSPS) is 10.3. The van der Waals surface area contributed by atoms with Crippen LogP contribution in [0.5, 0.6) is 5.75 Å². The van der Waals surface area contributed by atoms with Crippen LogP contribution in [-0.4, -0.2) is 16.9 Å². The predicted molar refractivity (Wildman–Crippen MR) is 72.3 cm³/mol. The number of para-hydroxylation sites is 1. The van der Waals surface area contributed by atoms with Crippen molar-refractivity contribution >= 4 is 10.9 Å². The second kappa shape index (κ2) is 4.46. The molecule has 4 nitrogen and oxygen atoms in total. The lowest BCUT2D eigenvalue weighted by atomic mass is 10.2. The van der Waals surface area contributed by atoms with Crippen LogP contribution in [0.2, 0.25) is 0 Å². The van der Waals surface area contributed by atoms with E-state index in [0.717, 1.165) is 22.3 Å². The van der Waals surface area contributed by atoms with E-state index >= 15 is 0 Å². The zero-order valence-electron chi connectivity index (χ0n) is 10.4. The molecule has 92 valence electrons. The Morgan fingerprint density at radius 1 is 1.21 bits per heavy atom. The fraction of sp³-hybridized carbons (Fsp3) is 0.0667. The number of nitrogens with zero attached hydrogens (tertiary/aromatic N) is 3. The topological polar surface area (TPSA) is 50.8 Å². The minimum absolute atomic E-state index is 0.599. The first kappa shape index (κ1) is 11.3. The van der Waals surface area contributed by atoms with E-state index in [2.05, 4.69) is 11.2 Å². The van der Waals surface area contributed by atoms with Crippen LogP contribution in [0, 0.1) is 11.3 Å². The molecule has 0 fully saturated rings. The average Bonchev–Trinajstić information content (AvgIpc) is 2.89. The van der Waals surface area contributed by atoms with E-state index in [1.54, 1.807) is 17.9 Å². The fourth-order valence-corrected chi connectivity index (χ4v) is 2.02. The minimum atomic E-state index is 0.599. The molecule has 0 atom stereocenters. The zero-order chi connectivity index (χ0) is 13.2. The van der Waals surface area contributed by atoms with E-state index in [1.165, 1.54) is 0 Å². The predicted octanol–water partition coefficient (Wildman–Crippen LogP) is 2.91. The van der Waals surface area contributed by atoms with Crippen molar-refractivity contribution in [1.82, 2.24) is 9.78 Å². The van der Waals surface area contributed by atoms with Gasteiger partial charge in [0.1, 0.15) is 11.8 Å². The van der Waals surface area contributed by atoms with Gasteiger partial charge in [0.25, 0.3) is 0 Å². The standard InChI is InChI=1S/C15H11N3O/c1-19-13-6-7-14-12(8-13)10-18(17-14)15-5-3-2-4-11(15)9-16/h2-8,10H,1H3. The van der Waals surface area contributed by atoms with Gasteiger partial charge >= 0.3 is 0 Å². The first-order chi connectivity index (χ1) is 9.31. The van der Waals surface area contributed by atoms with E-state index < -0.39 is 0 Å². The molecule has 0 aliphatic heterocycles. The van der Waals surface area contributed by atoms with Crippen molar-refractivity contribution in [3.63, 3.8) is 0 Å². The Balaban J connectivity index is 2.18. The van der Waals surface area contributed by atoms with Gasteiger partial charge in [-0.15, -0.1) is 0 Å². The molecule has 0 aliphatic carbocycles. The second-order valence-electron chi connectivity index (χ2n) is 4.13. The van der Waals surface area contributed by atoms with Gasteiger partial charge in [-0.3, -0.25) is 0 Å². The number of methoxy groups -OCH3 is 1. The molecule has 1 aromatic heterocycles. The van der Waals surface area contributed by atoms with Crippen LogP contribution in [0.15, 0.2) is 48.7 Å². The Morgan fingerprint density at radius 2 is 2.05 bits per heavy atom. The van der Waals surface area contributed by atoms with Crippen molar-refractivity contribution in [3.05, 3.63) is 54.2 Å². The number of rotatable bonds is 2. The molecular formula is C15H11N3O. The largest absolute Gasteiger partial charge is 0.497 e. The molecule has 0 unspecified atom stereocenters. The Hall–Kier alpha value is -2.80. The zero-order valence-corrected chi connectivity index (χ0v) is 10.4. The lowest BCUT2D eigenvalue weighted by Gasteiger charge is -2.02. The molecule has 0 bridgehead atoms. The summed E-state index contributed by atoms with van der Waals surface area (Å²) in [6.45, 7) is 0. The number of hydrogen-bond acceptors (Lipinski definition) is 3. The number of ether oxygens (including phenoxy) is 1. The lowest BCUT2D eigenvalue weighted by molar-refractivity contribution is 0.415. The van der Waals surface area contributed by atoms with E-state index in [9.17, 15) is 0 Å². The summed E-state index contributed by atoms with van der Waals surface area (Å²) in [5.41, 5.74) is 2.25. The van der Waals surface area contributed by atoms with Gasteiger partial charge in [-0.1, -0.05) is 12.1 Å². The van der Waals surface area contributed by atoms with Gasteiger partial charge in [0.2, 0.25) is 0 Å². The Labute approximate surface area is 110 Å². The first-order valence-electron chi connectivity index (χ1n) is 5.85. The summed E-state index contributed by atoms with van der Waals surface area (Å²) in [5, 5.41) is 14.6. The molecule has 0 N–H and O–H groups in total. The third kappa shape index (κ3) is 1.91. The molecule has 2 aromatic carbocycles. The molecule has 3 rings (SSSR count). The van der Waals surface area contributed by atoms with Crippen LogP contribution in [0.3, 0.4) is 0 Å². The van der Waals surface area contributed by atoms with Gasteiger partial charge in [-0.05, 0) is 30.3 Å². The Morgan fingerprint density at radius 3 is 2.84 bits per heavy atom. The quantitative estimate of drug-likeness (QED) is 0.701. The summed E-state index contributed by atoms with van der Waals surface area (Å²) in [4.78, 5) is 0. The molecule has 0 spiro atoms. The highest BCUT2D eigenvalue weighted by Gasteiger charge is 2.07. The molecular weight excluding hydrogens is 238 g/mol. The van der Waals surface area contributed by atoms with Crippen LogP contribution in [0.1, 0.15) is 5.56 Å². The third-order valence-electron chi connectivity index (χ3n) is 2.98. The number of nitriles is 1. The summed E-state index contributed by atoms with van der Waals surface area (Å²) in [6.07, 6.45) is 1.90. The molecule has 0 radical (unpaired) electrons. The van der Waals surface area contributed by atoms with Crippen molar-refractivity contribution in [3.8, 4) is 17.5 Å². The number of hydrogen-bond donors (Lipinski definition) is 0. The Bertz CT molecular complexity index is 783. The highest BCUT2D eigenvalue weighted by atomic mass is 16.5. The SMILES string of the molecule is COc1ccc2nn(-c3ccccc3C#N)cc2c1. The van der Waals surface area contributed by atoms with Crippen LogP contribution >= 0.6 is 0 Å². The molecule has 4 heteroatoms. The van der Waals surface area contributed by atoms with Crippen molar-refractivity contribution in [1.29, 1.82) is 5.26 Å². The number of fused-ring (bicyclic) bond motifs is 1. The van der Waals surface area contributed by atoms with E-state index in [-0.39, 0.29) is 0 Å². The van der Waals surface area contributed by atoms with Crippen molar-refractivity contribution in [2.75, 3.05) is 7.11 Å². The molecule has 0 aliphatic rings. The van der Waals surface area contributed by atoms with Gasteiger partial charge in [-0.25, -0.2) is 4.68 Å². The number of aromatic nitrogens is 2.